The number of hydrogen-bond acceptors (Lipinski definition) is 0. The van der Waals surface area contributed by atoms with Gasteiger partial charge in [0.2, 0.25) is 0 Å². The SMILES string of the molecule is CCCCCc1ccc2cc(-c3ccc(CC)cc3)c(F)c(F)c2c1F. The summed E-state index contributed by atoms with van der Waals surface area (Å²) < 4.78 is 44.1. The minimum atomic E-state index is -1.10. The summed E-state index contributed by atoms with van der Waals surface area (Å²) in [6.45, 7) is 4.10. The summed E-state index contributed by atoms with van der Waals surface area (Å²) in [5.74, 6) is -2.74. The van der Waals surface area contributed by atoms with Gasteiger partial charge in [0, 0.05) is 5.56 Å². The van der Waals surface area contributed by atoms with Crippen LogP contribution >= 0.6 is 0 Å². The highest BCUT2D eigenvalue weighted by Crippen LogP contribution is 2.33. The lowest BCUT2D eigenvalue weighted by atomic mass is 9.96. The molecule has 3 heteroatoms. The number of benzene rings is 3. The molecule has 0 amide bonds. The van der Waals surface area contributed by atoms with E-state index in [1.54, 1.807) is 24.3 Å². The van der Waals surface area contributed by atoms with Crippen LogP contribution in [0.5, 0.6) is 0 Å². The molecular weight excluding hydrogens is 333 g/mol. The molecule has 0 saturated heterocycles. The zero-order chi connectivity index (χ0) is 18.7. The summed E-state index contributed by atoms with van der Waals surface area (Å²) in [5.41, 5.74) is 2.33. The molecule has 0 heterocycles. The Bertz CT molecular complexity index is 911. The maximum atomic E-state index is 14.8. The van der Waals surface area contributed by atoms with E-state index < -0.39 is 17.5 Å². The van der Waals surface area contributed by atoms with Crippen molar-refractivity contribution in [1.82, 2.24) is 0 Å². The number of unbranched alkanes of at least 4 members (excludes halogenated alkanes) is 2. The van der Waals surface area contributed by atoms with Crippen LogP contribution in [0.3, 0.4) is 0 Å². The van der Waals surface area contributed by atoms with Crippen molar-refractivity contribution in [3.8, 4) is 11.1 Å². The maximum Gasteiger partial charge on any atom is 0.170 e. The van der Waals surface area contributed by atoms with E-state index in [1.807, 2.05) is 19.1 Å². The van der Waals surface area contributed by atoms with E-state index >= 15 is 0 Å². The van der Waals surface area contributed by atoms with E-state index in [2.05, 4.69) is 6.92 Å². The lowest BCUT2D eigenvalue weighted by Gasteiger charge is -2.12. The third-order valence-electron chi connectivity index (χ3n) is 4.93. The minimum absolute atomic E-state index is 0.163. The topological polar surface area (TPSA) is 0 Å². The Kier molecular flexibility index (Phi) is 5.65. The molecule has 0 aliphatic carbocycles. The predicted molar refractivity (Wildman–Crippen MR) is 102 cm³/mol. The van der Waals surface area contributed by atoms with Crippen molar-refractivity contribution in [3.05, 3.63) is 71.0 Å². The molecule has 136 valence electrons. The molecule has 0 N–H and O–H groups in total. The molecule has 0 bridgehead atoms. The summed E-state index contributed by atoms with van der Waals surface area (Å²) in [4.78, 5) is 0. The number of aryl methyl sites for hydroxylation is 2. The van der Waals surface area contributed by atoms with Crippen LogP contribution in [0.2, 0.25) is 0 Å². The average molecular weight is 356 g/mol. The van der Waals surface area contributed by atoms with Crippen LogP contribution in [0.4, 0.5) is 13.2 Å². The Hall–Kier alpha value is -2.29. The molecule has 3 aromatic carbocycles. The number of rotatable bonds is 6. The lowest BCUT2D eigenvalue weighted by Crippen LogP contribution is -1.98. The summed E-state index contributed by atoms with van der Waals surface area (Å²) in [6, 6.07) is 12.3. The molecule has 0 aliphatic heterocycles. The molecule has 3 aromatic rings. The quantitative estimate of drug-likeness (QED) is 0.409. The third-order valence-corrected chi connectivity index (χ3v) is 4.93. The van der Waals surface area contributed by atoms with Crippen molar-refractivity contribution in [2.24, 2.45) is 0 Å². The first-order chi connectivity index (χ1) is 12.6. The second-order valence-electron chi connectivity index (χ2n) is 6.70. The highest BCUT2D eigenvalue weighted by atomic mass is 19.2. The first-order valence-electron chi connectivity index (χ1n) is 9.25. The zero-order valence-corrected chi connectivity index (χ0v) is 15.2. The fraction of sp³-hybridized carbons (Fsp3) is 0.304. The monoisotopic (exact) mass is 356 g/mol. The van der Waals surface area contributed by atoms with Gasteiger partial charge in [-0.25, -0.2) is 13.2 Å². The van der Waals surface area contributed by atoms with E-state index in [-0.39, 0.29) is 10.9 Å². The maximum absolute atomic E-state index is 14.8. The minimum Gasteiger partial charge on any atom is -0.206 e. The number of hydrogen-bond donors (Lipinski definition) is 0. The molecule has 0 atom stereocenters. The first-order valence-corrected chi connectivity index (χ1v) is 9.25. The molecule has 0 aromatic heterocycles. The largest absolute Gasteiger partial charge is 0.206 e. The molecule has 3 rings (SSSR count). The van der Waals surface area contributed by atoms with Gasteiger partial charge in [-0.15, -0.1) is 0 Å². The smallest absolute Gasteiger partial charge is 0.170 e. The Morgan fingerprint density at radius 2 is 1.50 bits per heavy atom. The molecule has 0 nitrogen and oxygen atoms in total. The van der Waals surface area contributed by atoms with Crippen molar-refractivity contribution in [2.75, 3.05) is 0 Å². The van der Waals surface area contributed by atoms with E-state index in [1.165, 1.54) is 6.07 Å². The van der Waals surface area contributed by atoms with Gasteiger partial charge in [-0.2, -0.15) is 0 Å². The van der Waals surface area contributed by atoms with Gasteiger partial charge >= 0.3 is 0 Å². The van der Waals surface area contributed by atoms with E-state index in [9.17, 15) is 13.2 Å². The van der Waals surface area contributed by atoms with Gasteiger partial charge in [0.15, 0.2) is 11.6 Å². The fourth-order valence-corrected chi connectivity index (χ4v) is 3.31. The zero-order valence-electron chi connectivity index (χ0n) is 15.2. The summed E-state index contributed by atoms with van der Waals surface area (Å²) in [7, 11) is 0. The first kappa shape index (κ1) is 18.5. The van der Waals surface area contributed by atoms with Crippen molar-refractivity contribution in [2.45, 2.75) is 46.0 Å². The fourth-order valence-electron chi connectivity index (χ4n) is 3.31. The van der Waals surface area contributed by atoms with Gasteiger partial charge in [0.05, 0.1) is 5.39 Å². The van der Waals surface area contributed by atoms with E-state index in [4.69, 9.17) is 0 Å². The lowest BCUT2D eigenvalue weighted by molar-refractivity contribution is 0.513. The second-order valence-corrected chi connectivity index (χ2v) is 6.70. The van der Waals surface area contributed by atoms with Gasteiger partial charge < -0.3 is 0 Å². The van der Waals surface area contributed by atoms with Crippen LogP contribution in [0.1, 0.15) is 44.2 Å². The highest BCUT2D eigenvalue weighted by Gasteiger charge is 2.19. The Balaban J connectivity index is 2.08. The standard InChI is InChI=1S/C23H23F3/c1-3-5-6-7-17-12-13-18-14-19(16-10-8-15(4-2)9-11-16)22(25)23(26)20(18)21(17)24/h8-14H,3-7H2,1-2H3. The molecular formula is C23H23F3. The molecule has 26 heavy (non-hydrogen) atoms. The summed E-state index contributed by atoms with van der Waals surface area (Å²) in [6.07, 6.45) is 4.27. The van der Waals surface area contributed by atoms with Gasteiger partial charge in [-0.3, -0.25) is 0 Å². The van der Waals surface area contributed by atoms with Crippen LogP contribution in [0.15, 0.2) is 42.5 Å². The molecule has 0 fully saturated rings. The second kappa shape index (κ2) is 7.94. The molecule has 0 spiro atoms. The summed E-state index contributed by atoms with van der Waals surface area (Å²) in [5, 5.41) is 0.139. The van der Waals surface area contributed by atoms with Gasteiger partial charge in [-0.1, -0.05) is 63.1 Å². The Morgan fingerprint density at radius 1 is 0.769 bits per heavy atom. The Morgan fingerprint density at radius 3 is 2.15 bits per heavy atom. The summed E-state index contributed by atoms with van der Waals surface area (Å²) >= 11 is 0. The van der Waals surface area contributed by atoms with Crippen molar-refractivity contribution >= 4 is 10.8 Å². The van der Waals surface area contributed by atoms with E-state index in [0.29, 0.717) is 22.9 Å². The molecule has 0 aliphatic rings. The normalized spacial score (nSPS) is 11.3. The van der Waals surface area contributed by atoms with Crippen LogP contribution < -0.4 is 0 Å². The van der Waals surface area contributed by atoms with Crippen molar-refractivity contribution in [3.63, 3.8) is 0 Å². The Labute approximate surface area is 152 Å². The van der Waals surface area contributed by atoms with Crippen LogP contribution in [-0.2, 0) is 12.8 Å². The van der Waals surface area contributed by atoms with Crippen molar-refractivity contribution in [1.29, 1.82) is 0 Å². The molecule has 0 radical (unpaired) electrons. The molecule has 0 saturated carbocycles. The average Bonchev–Trinajstić information content (AvgIpc) is 2.66. The third kappa shape index (κ3) is 3.48. The number of halogens is 3. The predicted octanol–water partition coefficient (Wildman–Crippen LogP) is 7.22. The van der Waals surface area contributed by atoms with Gasteiger partial charge in [0.25, 0.3) is 0 Å². The van der Waals surface area contributed by atoms with Crippen LogP contribution in [0.25, 0.3) is 21.9 Å². The highest BCUT2D eigenvalue weighted by molar-refractivity contribution is 5.89. The van der Waals surface area contributed by atoms with Gasteiger partial charge in [0.1, 0.15) is 5.82 Å². The van der Waals surface area contributed by atoms with E-state index in [0.717, 1.165) is 31.2 Å². The van der Waals surface area contributed by atoms with Crippen LogP contribution in [-0.4, -0.2) is 0 Å². The van der Waals surface area contributed by atoms with Crippen LogP contribution in [0, 0.1) is 17.5 Å². The molecule has 0 unspecified atom stereocenters. The number of fused-ring (bicyclic) bond motifs is 1. The van der Waals surface area contributed by atoms with Gasteiger partial charge in [-0.05, 0) is 47.4 Å². The van der Waals surface area contributed by atoms with Crippen molar-refractivity contribution < 1.29 is 13.2 Å².